The van der Waals surface area contributed by atoms with Crippen LogP contribution in [0.5, 0.6) is 5.75 Å². The number of nitrogens with one attached hydrogen (secondary N) is 1. The van der Waals surface area contributed by atoms with E-state index in [0.717, 1.165) is 18.8 Å². The third-order valence-corrected chi connectivity index (χ3v) is 3.86. The Morgan fingerprint density at radius 3 is 2.14 bits per heavy atom. The van der Waals surface area contributed by atoms with Crippen LogP contribution in [0.1, 0.15) is 34.7 Å². The summed E-state index contributed by atoms with van der Waals surface area (Å²) >= 11 is 0. The fourth-order valence-electron chi connectivity index (χ4n) is 2.33. The molecule has 0 saturated carbocycles. The van der Waals surface area contributed by atoms with Crippen LogP contribution in [-0.4, -0.2) is 6.54 Å². The number of aryl methyl sites for hydroxylation is 2. The molecule has 0 aliphatic carbocycles. The Balaban J connectivity index is 2.02. The van der Waals surface area contributed by atoms with E-state index >= 15 is 0 Å². The van der Waals surface area contributed by atoms with Crippen molar-refractivity contribution in [1.82, 2.24) is 5.32 Å². The molecule has 0 amide bonds. The largest absolute Gasteiger partial charge is 0.488 e. The fraction of sp³-hybridized carbons (Fsp3) is 0.368. The third-order valence-electron chi connectivity index (χ3n) is 3.86. The molecule has 0 heterocycles. The minimum atomic E-state index is 0.618. The summed E-state index contributed by atoms with van der Waals surface area (Å²) in [4.78, 5) is 0. The molecule has 0 fully saturated rings. The number of rotatable bonds is 6. The molecule has 0 atom stereocenters. The van der Waals surface area contributed by atoms with Gasteiger partial charge in [0.1, 0.15) is 12.4 Å². The molecular weight excluding hydrogens is 258 g/mol. The molecule has 21 heavy (non-hydrogen) atoms. The van der Waals surface area contributed by atoms with Gasteiger partial charge in [-0.3, -0.25) is 0 Å². The molecule has 2 heteroatoms. The number of hydrogen-bond acceptors (Lipinski definition) is 2. The van der Waals surface area contributed by atoms with E-state index in [-0.39, 0.29) is 0 Å². The Morgan fingerprint density at radius 1 is 0.857 bits per heavy atom. The van der Waals surface area contributed by atoms with Crippen molar-refractivity contribution in [2.24, 2.45) is 0 Å². The van der Waals surface area contributed by atoms with Gasteiger partial charge in [-0.1, -0.05) is 43.3 Å². The van der Waals surface area contributed by atoms with E-state index in [1.54, 1.807) is 0 Å². The van der Waals surface area contributed by atoms with Crippen LogP contribution in [0.25, 0.3) is 0 Å². The quantitative estimate of drug-likeness (QED) is 0.853. The average Bonchev–Trinajstić information content (AvgIpc) is 2.50. The molecule has 2 aromatic rings. The monoisotopic (exact) mass is 283 g/mol. The van der Waals surface area contributed by atoms with Gasteiger partial charge in [0, 0.05) is 6.54 Å². The van der Waals surface area contributed by atoms with E-state index in [0.29, 0.717) is 6.61 Å². The first kappa shape index (κ1) is 15.6. The van der Waals surface area contributed by atoms with Crippen LogP contribution in [-0.2, 0) is 13.2 Å². The van der Waals surface area contributed by atoms with Crippen molar-refractivity contribution in [1.29, 1.82) is 0 Å². The van der Waals surface area contributed by atoms with E-state index in [2.05, 4.69) is 69.4 Å². The Labute approximate surface area is 128 Å². The summed E-state index contributed by atoms with van der Waals surface area (Å²) in [6.07, 6.45) is 0. The first-order valence-electron chi connectivity index (χ1n) is 7.60. The molecule has 2 aromatic carbocycles. The highest BCUT2D eigenvalue weighted by Gasteiger charge is 2.06. The van der Waals surface area contributed by atoms with E-state index in [9.17, 15) is 0 Å². The summed E-state index contributed by atoms with van der Waals surface area (Å²) in [6, 6.07) is 12.9. The van der Waals surface area contributed by atoms with Crippen LogP contribution < -0.4 is 10.1 Å². The zero-order valence-electron chi connectivity index (χ0n) is 13.5. The highest BCUT2D eigenvalue weighted by atomic mass is 16.5. The number of benzene rings is 2. The molecule has 0 radical (unpaired) electrons. The molecule has 0 aliphatic rings. The van der Waals surface area contributed by atoms with Crippen LogP contribution in [0.3, 0.4) is 0 Å². The van der Waals surface area contributed by atoms with Gasteiger partial charge < -0.3 is 10.1 Å². The zero-order chi connectivity index (χ0) is 15.2. The Kier molecular flexibility index (Phi) is 5.40. The van der Waals surface area contributed by atoms with Gasteiger partial charge in [0.25, 0.3) is 0 Å². The first-order chi connectivity index (χ1) is 10.1. The van der Waals surface area contributed by atoms with Crippen molar-refractivity contribution in [2.75, 3.05) is 6.54 Å². The number of ether oxygens (including phenoxy) is 1. The van der Waals surface area contributed by atoms with Crippen molar-refractivity contribution in [3.63, 3.8) is 0 Å². The molecular formula is C19H25NO. The summed E-state index contributed by atoms with van der Waals surface area (Å²) in [6.45, 7) is 11.0. The minimum Gasteiger partial charge on any atom is -0.488 e. The molecule has 2 nitrogen and oxygen atoms in total. The summed E-state index contributed by atoms with van der Waals surface area (Å²) in [5.41, 5.74) is 6.22. The second kappa shape index (κ2) is 7.28. The fourth-order valence-corrected chi connectivity index (χ4v) is 2.33. The molecule has 0 aromatic heterocycles. The van der Waals surface area contributed by atoms with E-state index < -0.39 is 0 Å². The van der Waals surface area contributed by atoms with Crippen molar-refractivity contribution < 1.29 is 4.74 Å². The van der Waals surface area contributed by atoms with Gasteiger partial charge in [-0.05, 0) is 55.1 Å². The van der Waals surface area contributed by atoms with Crippen molar-refractivity contribution >= 4 is 0 Å². The van der Waals surface area contributed by atoms with Gasteiger partial charge in [-0.25, -0.2) is 0 Å². The molecule has 0 unspecified atom stereocenters. The third kappa shape index (κ3) is 4.08. The van der Waals surface area contributed by atoms with E-state index in [1.807, 2.05) is 0 Å². The topological polar surface area (TPSA) is 21.3 Å². The molecule has 0 spiro atoms. The lowest BCUT2D eigenvalue weighted by Gasteiger charge is -2.14. The van der Waals surface area contributed by atoms with Gasteiger partial charge in [-0.15, -0.1) is 0 Å². The van der Waals surface area contributed by atoms with E-state index in [1.165, 1.54) is 27.8 Å². The highest BCUT2D eigenvalue weighted by molar-refractivity contribution is 5.44. The van der Waals surface area contributed by atoms with Crippen LogP contribution in [0, 0.1) is 20.8 Å². The smallest absolute Gasteiger partial charge is 0.125 e. The highest BCUT2D eigenvalue weighted by Crippen LogP contribution is 2.26. The lowest BCUT2D eigenvalue weighted by molar-refractivity contribution is 0.301. The predicted molar refractivity (Wildman–Crippen MR) is 88.8 cm³/mol. The number of hydrogen-bond donors (Lipinski definition) is 1. The minimum absolute atomic E-state index is 0.618. The van der Waals surface area contributed by atoms with Gasteiger partial charge in [0.2, 0.25) is 0 Å². The normalized spacial score (nSPS) is 10.7. The van der Waals surface area contributed by atoms with Gasteiger partial charge in [0.05, 0.1) is 0 Å². The van der Waals surface area contributed by atoms with Crippen LogP contribution in [0.2, 0.25) is 0 Å². The van der Waals surface area contributed by atoms with Gasteiger partial charge >= 0.3 is 0 Å². The summed E-state index contributed by atoms with van der Waals surface area (Å²) in [7, 11) is 0. The second-order valence-corrected chi connectivity index (χ2v) is 5.54. The average molecular weight is 283 g/mol. The Bertz CT molecular complexity index is 587. The Hall–Kier alpha value is -1.80. The van der Waals surface area contributed by atoms with Gasteiger partial charge in [-0.2, -0.15) is 0 Å². The maximum atomic E-state index is 6.04. The lowest BCUT2D eigenvalue weighted by atomic mass is 10.1. The lowest BCUT2D eigenvalue weighted by Crippen LogP contribution is -2.11. The van der Waals surface area contributed by atoms with Crippen LogP contribution in [0.15, 0.2) is 36.4 Å². The van der Waals surface area contributed by atoms with Crippen molar-refractivity contribution in [3.05, 3.63) is 64.2 Å². The predicted octanol–water partition coefficient (Wildman–Crippen LogP) is 4.30. The first-order valence-corrected chi connectivity index (χ1v) is 7.60. The second-order valence-electron chi connectivity index (χ2n) is 5.54. The molecule has 1 N–H and O–H groups in total. The molecule has 0 saturated heterocycles. The SMILES string of the molecule is CCNCc1ccc(COc2c(C)ccc(C)c2C)cc1. The van der Waals surface area contributed by atoms with Gasteiger partial charge in [0.15, 0.2) is 0 Å². The van der Waals surface area contributed by atoms with Crippen molar-refractivity contribution in [2.45, 2.75) is 40.8 Å². The maximum Gasteiger partial charge on any atom is 0.125 e. The molecule has 2 rings (SSSR count). The molecule has 112 valence electrons. The molecule has 0 aliphatic heterocycles. The summed E-state index contributed by atoms with van der Waals surface area (Å²) in [5.74, 6) is 1.02. The summed E-state index contributed by atoms with van der Waals surface area (Å²) < 4.78 is 6.04. The van der Waals surface area contributed by atoms with E-state index in [4.69, 9.17) is 4.74 Å². The Morgan fingerprint density at radius 2 is 1.48 bits per heavy atom. The van der Waals surface area contributed by atoms with Crippen molar-refractivity contribution in [3.8, 4) is 5.75 Å². The summed E-state index contributed by atoms with van der Waals surface area (Å²) in [5, 5.41) is 3.33. The van der Waals surface area contributed by atoms with Crippen LogP contribution in [0.4, 0.5) is 0 Å². The standard InChI is InChI=1S/C19H25NO/c1-5-20-12-17-8-10-18(11-9-17)13-21-19-15(3)7-6-14(2)16(19)4/h6-11,20H,5,12-13H2,1-4H3. The van der Waals surface area contributed by atoms with Crippen LogP contribution >= 0.6 is 0 Å². The zero-order valence-corrected chi connectivity index (χ0v) is 13.5. The molecule has 0 bridgehead atoms. The maximum absolute atomic E-state index is 6.04.